The maximum Gasteiger partial charge on any atom is 0.119 e. The van der Waals surface area contributed by atoms with E-state index in [-0.39, 0.29) is 0 Å². The van der Waals surface area contributed by atoms with E-state index in [1.807, 2.05) is 0 Å². The Hall–Kier alpha value is -1.18. The number of benzene rings is 1. The lowest BCUT2D eigenvalue weighted by atomic mass is 9.97. The summed E-state index contributed by atoms with van der Waals surface area (Å²) in [4.78, 5) is 0. The second-order valence-corrected chi connectivity index (χ2v) is 4.13. The summed E-state index contributed by atoms with van der Waals surface area (Å²) >= 11 is 0. The number of nitrogens with one attached hydrogen (secondary N) is 1. The van der Waals surface area contributed by atoms with Crippen LogP contribution in [0.15, 0.2) is 12.1 Å². The average molecular weight is 191 g/mol. The fourth-order valence-electron chi connectivity index (χ4n) is 2.08. The van der Waals surface area contributed by atoms with Crippen molar-refractivity contribution in [3.8, 4) is 5.75 Å². The first-order valence-corrected chi connectivity index (χ1v) is 5.08. The molecule has 1 heterocycles. The molecule has 1 aliphatic rings. The van der Waals surface area contributed by atoms with Crippen LogP contribution in [-0.2, 0) is 0 Å². The molecule has 0 aliphatic carbocycles. The van der Waals surface area contributed by atoms with Gasteiger partial charge in [0.15, 0.2) is 0 Å². The topological polar surface area (TPSA) is 21.3 Å². The van der Waals surface area contributed by atoms with Crippen molar-refractivity contribution in [2.24, 2.45) is 0 Å². The van der Waals surface area contributed by atoms with Gasteiger partial charge in [-0.1, -0.05) is 6.92 Å². The predicted octanol–water partition coefficient (Wildman–Crippen LogP) is 2.92. The van der Waals surface area contributed by atoms with Crippen LogP contribution in [0.1, 0.15) is 30.9 Å². The molecular weight excluding hydrogens is 174 g/mol. The second-order valence-electron chi connectivity index (χ2n) is 4.13. The normalized spacial score (nSPS) is 24.3. The molecule has 76 valence electrons. The van der Waals surface area contributed by atoms with Crippen molar-refractivity contribution in [2.45, 2.75) is 32.7 Å². The van der Waals surface area contributed by atoms with E-state index in [1.165, 1.54) is 16.8 Å². The number of hydrogen-bond donors (Lipinski definition) is 1. The Bertz CT molecular complexity index is 360. The van der Waals surface area contributed by atoms with E-state index in [0.717, 1.165) is 5.75 Å². The minimum atomic E-state index is 0.524. The minimum absolute atomic E-state index is 0.524. The molecule has 0 amide bonds. The molecule has 2 unspecified atom stereocenters. The summed E-state index contributed by atoms with van der Waals surface area (Å²) in [7, 11) is 1.72. The monoisotopic (exact) mass is 191 g/mol. The zero-order chi connectivity index (χ0) is 10.3. The third-order valence-corrected chi connectivity index (χ3v) is 3.19. The molecule has 0 spiro atoms. The van der Waals surface area contributed by atoms with Crippen molar-refractivity contribution in [1.29, 1.82) is 0 Å². The summed E-state index contributed by atoms with van der Waals surface area (Å²) in [5.74, 6) is 1.53. The Balaban J connectivity index is 2.52. The van der Waals surface area contributed by atoms with Gasteiger partial charge >= 0.3 is 0 Å². The van der Waals surface area contributed by atoms with E-state index in [1.54, 1.807) is 7.11 Å². The van der Waals surface area contributed by atoms with Crippen LogP contribution in [0.4, 0.5) is 5.69 Å². The van der Waals surface area contributed by atoms with Gasteiger partial charge in [-0.2, -0.15) is 0 Å². The van der Waals surface area contributed by atoms with Gasteiger partial charge in [-0.05, 0) is 37.1 Å². The maximum absolute atomic E-state index is 5.28. The zero-order valence-electron chi connectivity index (χ0n) is 9.22. The van der Waals surface area contributed by atoms with Gasteiger partial charge in [-0.15, -0.1) is 0 Å². The predicted molar refractivity (Wildman–Crippen MR) is 59.2 cm³/mol. The molecule has 0 bridgehead atoms. The van der Waals surface area contributed by atoms with Crippen molar-refractivity contribution in [3.63, 3.8) is 0 Å². The van der Waals surface area contributed by atoms with E-state index in [2.05, 4.69) is 38.2 Å². The zero-order valence-corrected chi connectivity index (χ0v) is 9.22. The summed E-state index contributed by atoms with van der Waals surface area (Å²) in [6.07, 6.45) is 0. The highest BCUT2D eigenvalue weighted by molar-refractivity contribution is 5.65. The van der Waals surface area contributed by atoms with Crippen molar-refractivity contribution >= 4 is 5.69 Å². The SMILES string of the molecule is COc1cc(C)c2c(c1)C(C)C(C)N2. The first-order valence-electron chi connectivity index (χ1n) is 5.08. The van der Waals surface area contributed by atoms with Gasteiger partial charge in [-0.3, -0.25) is 0 Å². The molecule has 2 nitrogen and oxygen atoms in total. The Morgan fingerprint density at radius 1 is 1.29 bits per heavy atom. The summed E-state index contributed by atoms with van der Waals surface area (Å²) in [6, 6.07) is 4.75. The molecular formula is C12H17NO. The molecule has 2 atom stereocenters. The third-order valence-electron chi connectivity index (χ3n) is 3.19. The molecule has 1 N–H and O–H groups in total. The summed E-state index contributed by atoms with van der Waals surface area (Å²) in [5, 5.41) is 3.51. The number of aryl methyl sites for hydroxylation is 1. The van der Waals surface area contributed by atoms with Gasteiger partial charge in [0, 0.05) is 17.6 Å². The largest absolute Gasteiger partial charge is 0.497 e. The van der Waals surface area contributed by atoms with Crippen molar-refractivity contribution in [2.75, 3.05) is 12.4 Å². The van der Waals surface area contributed by atoms with E-state index in [9.17, 15) is 0 Å². The molecule has 0 fully saturated rings. The maximum atomic E-state index is 5.28. The number of ether oxygens (including phenoxy) is 1. The standard InChI is InChI=1S/C12H17NO/c1-7-5-10(14-4)6-11-8(2)9(3)13-12(7)11/h5-6,8-9,13H,1-4H3. The van der Waals surface area contributed by atoms with Gasteiger partial charge in [-0.25, -0.2) is 0 Å². The van der Waals surface area contributed by atoms with Crippen LogP contribution >= 0.6 is 0 Å². The van der Waals surface area contributed by atoms with Crippen molar-refractivity contribution < 1.29 is 4.74 Å². The summed E-state index contributed by atoms with van der Waals surface area (Å²) < 4.78 is 5.28. The van der Waals surface area contributed by atoms with Gasteiger partial charge < -0.3 is 10.1 Å². The van der Waals surface area contributed by atoms with Crippen LogP contribution in [-0.4, -0.2) is 13.2 Å². The lowest BCUT2D eigenvalue weighted by Crippen LogP contribution is -2.12. The Morgan fingerprint density at radius 3 is 2.64 bits per heavy atom. The fourth-order valence-corrected chi connectivity index (χ4v) is 2.08. The van der Waals surface area contributed by atoms with E-state index >= 15 is 0 Å². The molecule has 2 rings (SSSR count). The van der Waals surface area contributed by atoms with Crippen molar-refractivity contribution in [1.82, 2.24) is 0 Å². The highest BCUT2D eigenvalue weighted by atomic mass is 16.5. The molecule has 1 aromatic rings. The smallest absolute Gasteiger partial charge is 0.119 e. The minimum Gasteiger partial charge on any atom is -0.497 e. The van der Waals surface area contributed by atoms with Crippen LogP contribution in [0.3, 0.4) is 0 Å². The van der Waals surface area contributed by atoms with E-state index in [0.29, 0.717) is 12.0 Å². The lowest BCUT2D eigenvalue weighted by molar-refractivity contribution is 0.414. The van der Waals surface area contributed by atoms with E-state index < -0.39 is 0 Å². The molecule has 14 heavy (non-hydrogen) atoms. The molecule has 2 heteroatoms. The molecule has 0 saturated carbocycles. The fraction of sp³-hybridized carbons (Fsp3) is 0.500. The number of hydrogen-bond acceptors (Lipinski definition) is 2. The van der Waals surface area contributed by atoms with Crippen LogP contribution in [0.25, 0.3) is 0 Å². The van der Waals surface area contributed by atoms with Crippen LogP contribution in [0, 0.1) is 6.92 Å². The van der Waals surface area contributed by atoms with Gasteiger partial charge in [0.25, 0.3) is 0 Å². The summed E-state index contributed by atoms with van der Waals surface area (Å²) in [5.41, 5.74) is 3.95. The Morgan fingerprint density at radius 2 is 2.00 bits per heavy atom. The first-order chi connectivity index (χ1) is 6.63. The summed E-state index contributed by atoms with van der Waals surface area (Å²) in [6.45, 7) is 6.60. The number of methoxy groups -OCH3 is 1. The van der Waals surface area contributed by atoms with E-state index in [4.69, 9.17) is 4.74 Å². The van der Waals surface area contributed by atoms with Crippen LogP contribution in [0.2, 0.25) is 0 Å². The Labute approximate surface area is 85.3 Å². The number of fused-ring (bicyclic) bond motifs is 1. The first kappa shape index (κ1) is 9.38. The lowest BCUT2D eigenvalue weighted by Gasteiger charge is -2.09. The van der Waals surface area contributed by atoms with Gasteiger partial charge in [0.2, 0.25) is 0 Å². The van der Waals surface area contributed by atoms with Crippen molar-refractivity contribution in [3.05, 3.63) is 23.3 Å². The Kier molecular flexibility index (Phi) is 2.14. The highest BCUT2D eigenvalue weighted by Crippen LogP contribution is 2.39. The number of anilines is 1. The molecule has 1 aromatic carbocycles. The quantitative estimate of drug-likeness (QED) is 0.737. The second kappa shape index (κ2) is 3.19. The van der Waals surface area contributed by atoms with Gasteiger partial charge in [0.1, 0.15) is 5.75 Å². The average Bonchev–Trinajstić information content (AvgIpc) is 2.45. The molecule has 1 aliphatic heterocycles. The van der Waals surface area contributed by atoms with Crippen LogP contribution < -0.4 is 10.1 Å². The number of rotatable bonds is 1. The van der Waals surface area contributed by atoms with Gasteiger partial charge in [0.05, 0.1) is 7.11 Å². The van der Waals surface area contributed by atoms with Crippen LogP contribution in [0.5, 0.6) is 5.75 Å². The molecule has 0 aromatic heterocycles. The highest BCUT2D eigenvalue weighted by Gasteiger charge is 2.26. The molecule has 0 radical (unpaired) electrons. The molecule has 0 saturated heterocycles. The third kappa shape index (κ3) is 1.26.